The molecule has 2 aliphatic rings. The Morgan fingerprint density at radius 2 is 0.586 bits per heavy atom. The molecule has 1 nitrogen and oxygen atoms in total. The average molecular weight is 407 g/mol. The van der Waals surface area contributed by atoms with Crippen LogP contribution in [-0.4, -0.2) is 12.2 Å². The molecule has 2 unspecified atom stereocenters. The average Bonchev–Trinajstić information content (AvgIpc) is 2.68. The molecule has 0 radical (unpaired) electrons. The van der Waals surface area contributed by atoms with Crippen LogP contribution < -0.4 is 0 Å². The van der Waals surface area contributed by atoms with Gasteiger partial charge in [-0.3, -0.25) is 0 Å². The number of rotatable bonds is 4. The number of ether oxygens (including phenoxy) is 1. The fraction of sp³-hybridized carbons (Fsp3) is 1.00. The molecule has 2 rings (SSSR count). The minimum Gasteiger partial charge on any atom is -0.375 e. The minimum atomic E-state index is 0.453. The third kappa shape index (κ3) is 11.8. The zero-order chi connectivity index (χ0) is 20.6. The lowest BCUT2D eigenvalue weighted by atomic mass is 9.87. The van der Waals surface area contributed by atoms with Crippen molar-refractivity contribution >= 4 is 0 Å². The standard InChI is InChI=1S/C28H54O/c1-25(27-21-17-13-9-5-3-6-10-14-18-22-27)29-26(2)28-23-19-15-11-7-4-8-12-16-20-24-28/h25-28H,3-24H2,1-2H3. The predicted molar refractivity (Wildman–Crippen MR) is 129 cm³/mol. The smallest absolute Gasteiger partial charge is 0.0578 e. The molecule has 2 fully saturated rings. The van der Waals surface area contributed by atoms with Gasteiger partial charge in [-0.25, -0.2) is 0 Å². The predicted octanol–water partition coefficient (Wildman–Crippen LogP) is 9.62. The van der Waals surface area contributed by atoms with Gasteiger partial charge in [0.05, 0.1) is 12.2 Å². The minimum absolute atomic E-state index is 0.453. The summed E-state index contributed by atoms with van der Waals surface area (Å²) in [4.78, 5) is 0. The molecule has 0 aromatic rings. The van der Waals surface area contributed by atoms with E-state index in [1.54, 1.807) is 0 Å². The van der Waals surface area contributed by atoms with Crippen molar-refractivity contribution in [2.75, 3.05) is 0 Å². The Bertz CT molecular complexity index is 307. The fourth-order valence-electron chi connectivity index (χ4n) is 5.89. The summed E-state index contributed by atoms with van der Waals surface area (Å²) in [5.41, 5.74) is 0. The van der Waals surface area contributed by atoms with E-state index in [4.69, 9.17) is 4.74 Å². The van der Waals surface area contributed by atoms with Crippen LogP contribution in [0, 0.1) is 11.8 Å². The molecule has 1 heteroatoms. The summed E-state index contributed by atoms with van der Waals surface area (Å²) in [6.45, 7) is 4.81. The second-order valence-corrected chi connectivity index (χ2v) is 10.6. The van der Waals surface area contributed by atoms with E-state index in [-0.39, 0.29) is 0 Å². The molecular formula is C28H54O. The Morgan fingerprint density at radius 1 is 0.379 bits per heavy atom. The van der Waals surface area contributed by atoms with Crippen molar-refractivity contribution in [3.05, 3.63) is 0 Å². The topological polar surface area (TPSA) is 9.23 Å². The van der Waals surface area contributed by atoms with Crippen molar-refractivity contribution in [3.63, 3.8) is 0 Å². The highest BCUT2D eigenvalue weighted by Crippen LogP contribution is 2.30. The molecule has 0 N–H and O–H groups in total. The van der Waals surface area contributed by atoms with Crippen molar-refractivity contribution in [1.29, 1.82) is 0 Å². The van der Waals surface area contributed by atoms with Crippen molar-refractivity contribution in [3.8, 4) is 0 Å². The van der Waals surface area contributed by atoms with Crippen LogP contribution in [0.1, 0.15) is 155 Å². The van der Waals surface area contributed by atoms with Crippen molar-refractivity contribution in [2.24, 2.45) is 11.8 Å². The summed E-state index contributed by atoms with van der Waals surface area (Å²) >= 11 is 0. The van der Waals surface area contributed by atoms with Crippen LogP contribution in [0.3, 0.4) is 0 Å². The maximum atomic E-state index is 6.78. The molecule has 0 aromatic heterocycles. The van der Waals surface area contributed by atoms with Crippen LogP contribution >= 0.6 is 0 Å². The largest absolute Gasteiger partial charge is 0.375 e. The SMILES string of the molecule is CC(OC(C)C1CCCCCCCCCCC1)C1CCCCCCCCCCC1. The van der Waals surface area contributed by atoms with Gasteiger partial charge in [0.25, 0.3) is 0 Å². The first-order valence-corrected chi connectivity index (χ1v) is 13.9. The molecule has 2 atom stereocenters. The van der Waals surface area contributed by atoms with Crippen molar-refractivity contribution in [2.45, 2.75) is 167 Å². The van der Waals surface area contributed by atoms with Gasteiger partial charge in [-0.05, 0) is 51.4 Å². The molecular weight excluding hydrogens is 352 g/mol. The first kappa shape index (κ1) is 25.2. The van der Waals surface area contributed by atoms with Gasteiger partial charge in [-0.1, -0.05) is 116 Å². The lowest BCUT2D eigenvalue weighted by molar-refractivity contribution is -0.0584. The summed E-state index contributed by atoms with van der Waals surface area (Å²) in [6, 6.07) is 0. The summed E-state index contributed by atoms with van der Waals surface area (Å²) < 4.78 is 6.78. The zero-order valence-corrected chi connectivity index (χ0v) is 20.3. The maximum absolute atomic E-state index is 6.78. The third-order valence-corrected chi connectivity index (χ3v) is 8.06. The highest BCUT2D eigenvalue weighted by atomic mass is 16.5. The van der Waals surface area contributed by atoms with Crippen LogP contribution in [0.25, 0.3) is 0 Å². The molecule has 2 saturated carbocycles. The van der Waals surface area contributed by atoms with E-state index in [2.05, 4.69) is 13.8 Å². The summed E-state index contributed by atoms with van der Waals surface area (Å²) in [5.74, 6) is 1.59. The van der Waals surface area contributed by atoms with Gasteiger partial charge in [0.2, 0.25) is 0 Å². The number of hydrogen-bond donors (Lipinski definition) is 0. The second kappa shape index (κ2) is 16.6. The van der Waals surface area contributed by atoms with Gasteiger partial charge >= 0.3 is 0 Å². The van der Waals surface area contributed by atoms with Gasteiger partial charge in [0.1, 0.15) is 0 Å². The van der Waals surface area contributed by atoms with Crippen LogP contribution in [0.2, 0.25) is 0 Å². The molecule has 0 amide bonds. The quantitative estimate of drug-likeness (QED) is 0.451. The van der Waals surface area contributed by atoms with Gasteiger partial charge in [0.15, 0.2) is 0 Å². The normalized spacial score (nSPS) is 26.3. The highest BCUT2D eigenvalue weighted by Gasteiger charge is 2.24. The molecule has 0 aliphatic heterocycles. The Labute approximate surface area is 184 Å². The van der Waals surface area contributed by atoms with Crippen LogP contribution in [-0.2, 0) is 4.74 Å². The van der Waals surface area contributed by atoms with Crippen LogP contribution in [0.15, 0.2) is 0 Å². The molecule has 172 valence electrons. The highest BCUT2D eigenvalue weighted by molar-refractivity contribution is 4.74. The number of hydrogen-bond acceptors (Lipinski definition) is 1. The van der Waals surface area contributed by atoms with E-state index in [0.717, 1.165) is 11.8 Å². The van der Waals surface area contributed by atoms with Crippen molar-refractivity contribution in [1.82, 2.24) is 0 Å². The van der Waals surface area contributed by atoms with E-state index < -0.39 is 0 Å². The second-order valence-electron chi connectivity index (χ2n) is 10.6. The van der Waals surface area contributed by atoms with Crippen LogP contribution in [0.4, 0.5) is 0 Å². The van der Waals surface area contributed by atoms with Gasteiger partial charge in [0, 0.05) is 0 Å². The Balaban J connectivity index is 1.80. The lowest BCUT2D eigenvalue weighted by Crippen LogP contribution is -2.30. The van der Waals surface area contributed by atoms with E-state index >= 15 is 0 Å². The van der Waals surface area contributed by atoms with E-state index in [9.17, 15) is 0 Å². The lowest BCUT2D eigenvalue weighted by Gasteiger charge is -2.32. The first-order valence-electron chi connectivity index (χ1n) is 13.9. The van der Waals surface area contributed by atoms with Gasteiger partial charge < -0.3 is 4.74 Å². The molecule has 2 aliphatic carbocycles. The zero-order valence-electron chi connectivity index (χ0n) is 20.3. The third-order valence-electron chi connectivity index (χ3n) is 8.06. The fourth-order valence-corrected chi connectivity index (χ4v) is 5.89. The monoisotopic (exact) mass is 406 g/mol. The molecule has 0 saturated heterocycles. The van der Waals surface area contributed by atoms with E-state index in [1.807, 2.05) is 0 Å². The molecule has 0 spiro atoms. The maximum Gasteiger partial charge on any atom is 0.0578 e. The Hall–Kier alpha value is -0.0400. The van der Waals surface area contributed by atoms with Gasteiger partial charge in [-0.2, -0.15) is 0 Å². The molecule has 0 bridgehead atoms. The van der Waals surface area contributed by atoms with Crippen molar-refractivity contribution < 1.29 is 4.74 Å². The molecule has 0 aromatic carbocycles. The molecule has 29 heavy (non-hydrogen) atoms. The molecule has 0 heterocycles. The van der Waals surface area contributed by atoms with E-state index in [1.165, 1.54) is 141 Å². The summed E-state index contributed by atoms with van der Waals surface area (Å²) in [5, 5.41) is 0. The van der Waals surface area contributed by atoms with E-state index in [0.29, 0.717) is 12.2 Å². The first-order chi connectivity index (χ1) is 14.3. The van der Waals surface area contributed by atoms with Gasteiger partial charge in [-0.15, -0.1) is 0 Å². The van der Waals surface area contributed by atoms with Crippen LogP contribution in [0.5, 0.6) is 0 Å². The summed E-state index contributed by atoms with van der Waals surface area (Å²) in [6.07, 6.45) is 32.7. The summed E-state index contributed by atoms with van der Waals surface area (Å²) in [7, 11) is 0. The Morgan fingerprint density at radius 3 is 0.828 bits per heavy atom. The Kier molecular flexibility index (Phi) is 14.5.